The summed E-state index contributed by atoms with van der Waals surface area (Å²) in [5.41, 5.74) is 0.102. The number of hydrogen-bond acceptors (Lipinski definition) is 3. The van der Waals surface area contributed by atoms with Crippen molar-refractivity contribution < 1.29 is 26.0 Å². The quantitative estimate of drug-likeness (QED) is 0.632. The van der Waals surface area contributed by atoms with Gasteiger partial charge < -0.3 is 0 Å². The number of hydrogen-bond donors (Lipinski definition) is 0. The zero-order chi connectivity index (χ0) is 19.0. The molecule has 1 atom stereocenters. The van der Waals surface area contributed by atoms with E-state index in [0.29, 0.717) is 21.2 Å². The third kappa shape index (κ3) is 4.16. The van der Waals surface area contributed by atoms with Gasteiger partial charge >= 0.3 is 6.18 Å². The van der Waals surface area contributed by atoms with Crippen molar-refractivity contribution in [1.29, 1.82) is 0 Å². The van der Waals surface area contributed by atoms with Gasteiger partial charge in [0.15, 0.2) is 0 Å². The average Bonchev–Trinajstić information content (AvgIpc) is 2.85. The van der Waals surface area contributed by atoms with Gasteiger partial charge in [-0.25, -0.2) is 12.8 Å². The van der Waals surface area contributed by atoms with Crippen molar-refractivity contribution in [2.75, 3.05) is 6.54 Å². The van der Waals surface area contributed by atoms with Crippen LogP contribution >= 0.6 is 22.9 Å². The summed E-state index contributed by atoms with van der Waals surface area (Å²) in [7, 11) is -4.44. The van der Waals surface area contributed by atoms with Crippen molar-refractivity contribution in [2.24, 2.45) is 0 Å². The fourth-order valence-corrected chi connectivity index (χ4v) is 5.78. The lowest BCUT2D eigenvalue weighted by Gasteiger charge is -2.31. The molecule has 0 radical (unpaired) electrons. The van der Waals surface area contributed by atoms with Gasteiger partial charge in [0.1, 0.15) is 16.1 Å². The molecule has 0 amide bonds. The smallest absolute Gasteiger partial charge is 0.207 e. The first-order chi connectivity index (χ1) is 11.5. The van der Waals surface area contributed by atoms with Crippen molar-refractivity contribution in [3.8, 4) is 0 Å². The van der Waals surface area contributed by atoms with Crippen LogP contribution in [0.15, 0.2) is 34.5 Å². The van der Waals surface area contributed by atoms with E-state index in [0.717, 1.165) is 24.3 Å². The lowest BCUT2D eigenvalue weighted by atomic mass is 10.1. The zero-order valence-electron chi connectivity index (χ0n) is 13.1. The number of sulfonamides is 1. The van der Waals surface area contributed by atoms with Crippen LogP contribution in [0.2, 0.25) is 4.34 Å². The fourth-order valence-electron chi connectivity index (χ4n) is 2.33. The second kappa shape index (κ2) is 7.22. The monoisotopic (exact) mass is 415 g/mol. The minimum atomic E-state index is -4.88. The van der Waals surface area contributed by atoms with Crippen LogP contribution in [0, 0.1) is 12.7 Å². The molecule has 2 aromatic rings. The summed E-state index contributed by atoms with van der Waals surface area (Å²) in [6, 6.07) is 2.39. The zero-order valence-corrected chi connectivity index (χ0v) is 15.5. The topological polar surface area (TPSA) is 37.4 Å². The second-order valence-electron chi connectivity index (χ2n) is 5.23. The number of benzene rings is 1. The molecule has 0 fully saturated rings. The fraction of sp³-hybridized carbons (Fsp3) is 0.333. The summed E-state index contributed by atoms with van der Waals surface area (Å²) in [4.78, 5) is 0. The van der Waals surface area contributed by atoms with Crippen LogP contribution in [0.25, 0.3) is 0 Å². The number of alkyl halides is 3. The van der Waals surface area contributed by atoms with Gasteiger partial charge in [-0.3, -0.25) is 0 Å². The van der Waals surface area contributed by atoms with Crippen LogP contribution in [0.3, 0.4) is 0 Å². The van der Waals surface area contributed by atoms with Gasteiger partial charge in [0.05, 0.1) is 4.34 Å². The van der Waals surface area contributed by atoms with Crippen LogP contribution in [0.5, 0.6) is 0 Å². The first-order valence-corrected chi connectivity index (χ1v) is 9.72. The van der Waals surface area contributed by atoms with E-state index in [1.165, 1.54) is 13.0 Å². The van der Waals surface area contributed by atoms with Crippen LogP contribution < -0.4 is 0 Å². The molecule has 138 valence electrons. The summed E-state index contributed by atoms with van der Waals surface area (Å²) in [5, 5.41) is 0. The molecule has 0 aliphatic rings. The van der Waals surface area contributed by atoms with E-state index in [1.54, 1.807) is 6.92 Å². The Morgan fingerprint density at radius 2 is 1.80 bits per heavy atom. The molecule has 0 bridgehead atoms. The Morgan fingerprint density at radius 3 is 2.20 bits per heavy atom. The lowest BCUT2D eigenvalue weighted by molar-refractivity contribution is -0.173. The molecule has 1 aromatic carbocycles. The Morgan fingerprint density at radius 1 is 1.24 bits per heavy atom. The number of thiophene rings is 1. The van der Waals surface area contributed by atoms with E-state index in [-0.39, 0.29) is 14.1 Å². The maximum absolute atomic E-state index is 13.7. The first kappa shape index (κ1) is 20.2. The third-order valence-corrected chi connectivity index (χ3v) is 7.44. The predicted octanol–water partition coefficient (Wildman–Crippen LogP) is 5.16. The number of halogens is 5. The predicted molar refractivity (Wildman–Crippen MR) is 88.8 cm³/mol. The first-order valence-electron chi connectivity index (χ1n) is 7.08. The van der Waals surface area contributed by atoms with Crippen LogP contribution in [0.1, 0.15) is 24.1 Å². The summed E-state index contributed by atoms with van der Waals surface area (Å²) in [5.74, 6) is -0.712. The minimum Gasteiger partial charge on any atom is -0.207 e. The maximum Gasteiger partial charge on any atom is 0.409 e. The molecular weight excluding hydrogens is 402 g/mol. The highest BCUT2D eigenvalue weighted by atomic mass is 35.5. The molecule has 10 heteroatoms. The van der Waals surface area contributed by atoms with Crippen LogP contribution in [-0.4, -0.2) is 25.4 Å². The van der Waals surface area contributed by atoms with Crippen molar-refractivity contribution in [1.82, 2.24) is 4.31 Å². The molecule has 1 heterocycles. The Balaban J connectivity index is 2.58. The standard InChI is InChI=1S/C15H14ClF4NO2S2/c1-3-21(25(22,23)12-8-9(2)14(16)24-12)13(15(18,19)20)10-4-6-11(17)7-5-10/h4-8,13H,3H2,1-2H3. The maximum atomic E-state index is 13.7. The second-order valence-corrected chi connectivity index (χ2v) is 9.00. The van der Waals surface area contributed by atoms with E-state index in [9.17, 15) is 26.0 Å². The molecule has 1 aromatic heterocycles. The molecule has 3 nitrogen and oxygen atoms in total. The third-order valence-electron chi connectivity index (χ3n) is 3.49. The van der Waals surface area contributed by atoms with Gasteiger partial charge in [-0.1, -0.05) is 30.7 Å². The minimum absolute atomic E-state index is 0.194. The number of aryl methyl sites for hydroxylation is 1. The lowest BCUT2D eigenvalue weighted by Crippen LogP contribution is -2.42. The van der Waals surface area contributed by atoms with Gasteiger partial charge in [0, 0.05) is 6.54 Å². The molecule has 0 aliphatic carbocycles. The Hall–Kier alpha value is -1.16. The van der Waals surface area contributed by atoms with Crippen LogP contribution in [-0.2, 0) is 10.0 Å². The molecule has 0 N–H and O–H groups in total. The van der Waals surface area contributed by atoms with Crippen molar-refractivity contribution >= 4 is 33.0 Å². The van der Waals surface area contributed by atoms with Gasteiger partial charge in [-0.15, -0.1) is 11.3 Å². The Kier molecular flexibility index (Phi) is 5.82. The van der Waals surface area contributed by atoms with E-state index in [1.807, 2.05) is 0 Å². The molecule has 0 spiro atoms. The summed E-state index contributed by atoms with van der Waals surface area (Å²) in [6.45, 7) is 2.45. The average molecular weight is 416 g/mol. The molecular formula is C15H14ClF4NO2S2. The molecule has 2 rings (SSSR count). The molecule has 0 saturated carbocycles. The van der Waals surface area contributed by atoms with Crippen molar-refractivity contribution in [3.63, 3.8) is 0 Å². The Bertz CT molecular complexity index is 828. The van der Waals surface area contributed by atoms with Gasteiger partial charge in [0.25, 0.3) is 10.0 Å². The van der Waals surface area contributed by atoms with Crippen LogP contribution in [0.4, 0.5) is 17.6 Å². The molecule has 0 aliphatic heterocycles. The normalized spacial score (nSPS) is 14.1. The SMILES string of the molecule is CCN(C(c1ccc(F)cc1)C(F)(F)F)S(=O)(=O)c1cc(C)c(Cl)s1. The summed E-state index contributed by atoms with van der Waals surface area (Å²) in [6.07, 6.45) is -4.88. The van der Waals surface area contributed by atoms with Gasteiger partial charge in [-0.05, 0) is 36.2 Å². The number of nitrogens with zero attached hydrogens (tertiary/aromatic N) is 1. The molecule has 1 unspecified atom stereocenters. The van der Waals surface area contributed by atoms with Gasteiger partial charge in [-0.2, -0.15) is 17.5 Å². The van der Waals surface area contributed by atoms with Gasteiger partial charge in [0.2, 0.25) is 0 Å². The van der Waals surface area contributed by atoms with Crippen molar-refractivity contribution in [2.45, 2.75) is 30.3 Å². The largest absolute Gasteiger partial charge is 0.409 e. The highest BCUT2D eigenvalue weighted by Crippen LogP contribution is 2.42. The highest BCUT2D eigenvalue weighted by Gasteiger charge is 2.49. The Labute approximate surface area is 151 Å². The van der Waals surface area contributed by atoms with E-state index < -0.39 is 34.6 Å². The summed E-state index contributed by atoms with van der Waals surface area (Å²) < 4.78 is 79.8. The number of rotatable bonds is 5. The van der Waals surface area contributed by atoms with E-state index in [4.69, 9.17) is 11.6 Å². The molecule has 0 saturated heterocycles. The van der Waals surface area contributed by atoms with E-state index >= 15 is 0 Å². The molecule has 25 heavy (non-hydrogen) atoms. The van der Waals surface area contributed by atoms with Crippen molar-refractivity contribution in [3.05, 3.63) is 51.6 Å². The summed E-state index contributed by atoms with van der Waals surface area (Å²) >= 11 is 6.56. The highest BCUT2D eigenvalue weighted by molar-refractivity contribution is 7.91. The van der Waals surface area contributed by atoms with E-state index in [2.05, 4.69) is 0 Å².